The molecule has 0 radical (unpaired) electrons. The molecule has 4 aromatic rings. The lowest BCUT2D eigenvalue weighted by molar-refractivity contribution is 0.102. The fourth-order valence-corrected chi connectivity index (χ4v) is 3.93. The molecule has 0 aliphatic heterocycles. The Morgan fingerprint density at radius 2 is 1.84 bits per heavy atom. The zero-order valence-corrected chi connectivity index (χ0v) is 18.5. The number of aromatic nitrogens is 3. The average Bonchev–Trinajstić information content (AvgIpc) is 3.19. The number of pyridine rings is 1. The number of nitrogens with zero attached hydrogens (tertiary/aromatic N) is 2. The standard InChI is InChI=1S/C23H20Cl2N4O2/c1-13(14-6-4-3-5-7-14)10-19-27-20-15(8-9-18(31-2)22(20)28-19)23(30)29-21-16(24)11-26-12-17(21)25/h3-9,11-13H,10H2,1-2H3,(H,27,28)(H,26,29,30)/t13-/m1/s1. The Morgan fingerprint density at radius 3 is 2.52 bits per heavy atom. The number of anilines is 1. The van der Waals surface area contributed by atoms with Gasteiger partial charge in [0.1, 0.15) is 17.1 Å². The Hall–Kier alpha value is -3.09. The molecule has 0 saturated carbocycles. The molecule has 0 saturated heterocycles. The summed E-state index contributed by atoms with van der Waals surface area (Å²) in [5, 5.41) is 3.28. The number of ether oxygens (including phenoxy) is 1. The number of H-pyrrole nitrogens is 1. The lowest BCUT2D eigenvalue weighted by Gasteiger charge is -2.10. The molecule has 1 amide bonds. The topological polar surface area (TPSA) is 79.9 Å². The Kier molecular flexibility index (Phi) is 6.11. The van der Waals surface area contributed by atoms with Crippen LogP contribution in [0.3, 0.4) is 0 Å². The quantitative estimate of drug-likeness (QED) is 0.381. The van der Waals surface area contributed by atoms with Gasteiger partial charge in [-0.25, -0.2) is 4.98 Å². The van der Waals surface area contributed by atoms with Gasteiger partial charge in [-0.3, -0.25) is 9.78 Å². The number of fused-ring (bicyclic) bond motifs is 1. The van der Waals surface area contributed by atoms with Gasteiger partial charge in [0.05, 0.1) is 33.9 Å². The van der Waals surface area contributed by atoms with Gasteiger partial charge in [-0.05, 0) is 23.6 Å². The molecule has 0 unspecified atom stereocenters. The number of imidazole rings is 1. The summed E-state index contributed by atoms with van der Waals surface area (Å²) in [6, 6.07) is 13.6. The van der Waals surface area contributed by atoms with Crippen LogP contribution in [-0.2, 0) is 6.42 Å². The van der Waals surface area contributed by atoms with Crippen molar-refractivity contribution < 1.29 is 9.53 Å². The minimum absolute atomic E-state index is 0.250. The van der Waals surface area contributed by atoms with Crippen molar-refractivity contribution in [3.63, 3.8) is 0 Å². The number of aromatic amines is 1. The maximum Gasteiger partial charge on any atom is 0.257 e. The van der Waals surface area contributed by atoms with Crippen molar-refractivity contribution >= 4 is 45.8 Å². The molecule has 2 N–H and O–H groups in total. The Morgan fingerprint density at radius 1 is 1.13 bits per heavy atom. The van der Waals surface area contributed by atoms with Crippen molar-refractivity contribution in [1.82, 2.24) is 15.0 Å². The summed E-state index contributed by atoms with van der Waals surface area (Å²) in [6.07, 6.45) is 3.53. The molecule has 2 aromatic heterocycles. The number of halogens is 2. The second-order valence-corrected chi connectivity index (χ2v) is 7.99. The number of carbonyl (C=O) groups is 1. The molecule has 0 aliphatic carbocycles. The van der Waals surface area contributed by atoms with Gasteiger partial charge in [0.25, 0.3) is 5.91 Å². The number of methoxy groups -OCH3 is 1. The van der Waals surface area contributed by atoms with E-state index in [1.54, 1.807) is 19.2 Å². The van der Waals surface area contributed by atoms with Crippen LogP contribution in [0.25, 0.3) is 11.0 Å². The van der Waals surface area contributed by atoms with E-state index < -0.39 is 0 Å². The highest BCUT2D eigenvalue weighted by Gasteiger charge is 2.20. The SMILES string of the molecule is COc1ccc(C(=O)Nc2c(Cl)cncc2Cl)c2[nH]c(C[C@@H](C)c3ccccc3)nc12. The minimum atomic E-state index is -0.367. The molecule has 158 valence electrons. The first-order valence-electron chi connectivity index (χ1n) is 9.68. The minimum Gasteiger partial charge on any atom is -0.494 e. The molecule has 1 atom stereocenters. The summed E-state index contributed by atoms with van der Waals surface area (Å²) in [5.74, 6) is 1.24. The molecule has 0 aliphatic rings. The van der Waals surface area contributed by atoms with Crippen molar-refractivity contribution in [3.8, 4) is 5.75 Å². The highest BCUT2D eigenvalue weighted by Crippen LogP contribution is 2.32. The number of rotatable bonds is 6. The Balaban J connectivity index is 1.69. The van der Waals surface area contributed by atoms with E-state index in [1.807, 2.05) is 18.2 Å². The van der Waals surface area contributed by atoms with Crippen molar-refractivity contribution in [3.05, 3.63) is 81.9 Å². The molecule has 6 nitrogen and oxygen atoms in total. The summed E-state index contributed by atoms with van der Waals surface area (Å²) in [6.45, 7) is 2.14. The molecule has 31 heavy (non-hydrogen) atoms. The van der Waals surface area contributed by atoms with Gasteiger partial charge in [-0.2, -0.15) is 0 Å². The second-order valence-electron chi connectivity index (χ2n) is 7.17. The first-order valence-corrected chi connectivity index (χ1v) is 10.4. The van der Waals surface area contributed by atoms with Crippen LogP contribution in [0.15, 0.2) is 54.9 Å². The summed E-state index contributed by atoms with van der Waals surface area (Å²) >= 11 is 12.3. The predicted molar refractivity (Wildman–Crippen MR) is 123 cm³/mol. The van der Waals surface area contributed by atoms with Crippen LogP contribution >= 0.6 is 23.2 Å². The second kappa shape index (κ2) is 8.96. The van der Waals surface area contributed by atoms with Crippen molar-refractivity contribution in [2.75, 3.05) is 12.4 Å². The Labute approximate surface area is 189 Å². The Bertz CT molecular complexity index is 1220. The van der Waals surface area contributed by atoms with E-state index >= 15 is 0 Å². The van der Waals surface area contributed by atoms with Crippen LogP contribution in [0, 0.1) is 0 Å². The van der Waals surface area contributed by atoms with E-state index in [0.717, 1.165) is 5.82 Å². The van der Waals surface area contributed by atoms with Gasteiger partial charge in [-0.1, -0.05) is 60.5 Å². The number of carbonyl (C=O) groups excluding carboxylic acids is 1. The van der Waals surface area contributed by atoms with Crippen LogP contribution in [0.5, 0.6) is 5.75 Å². The largest absolute Gasteiger partial charge is 0.494 e. The van der Waals surface area contributed by atoms with Crippen LogP contribution in [0.4, 0.5) is 5.69 Å². The van der Waals surface area contributed by atoms with Gasteiger partial charge >= 0.3 is 0 Å². The first-order chi connectivity index (χ1) is 15.0. The van der Waals surface area contributed by atoms with E-state index in [9.17, 15) is 4.79 Å². The van der Waals surface area contributed by atoms with E-state index in [2.05, 4.69) is 34.3 Å². The lowest BCUT2D eigenvalue weighted by atomic mass is 9.98. The zero-order chi connectivity index (χ0) is 22.0. The van der Waals surface area contributed by atoms with Crippen LogP contribution in [0.1, 0.15) is 34.6 Å². The number of nitrogens with one attached hydrogen (secondary N) is 2. The molecule has 2 heterocycles. The number of hydrogen-bond donors (Lipinski definition) is 2. The molecule has 0 bridgehead atoms. The highest BCUT2D eigenvalue weighted by molar-refractivity contribution is 6.39. The normalized spacial score (nSPS) is 12.0. The smallest absolute Gasteiger partial charge is 0.257 e. The van der Waals surface area contributed by atoms with Crippen molar-refractivity contribution in [2.24, 2.45) is 0 Å². The number of benzene rings is 2. The van der Waals surface area contributed by atoms with Crippen LogP contribution in [0.2, 0.25) is 10.0 Å². The maximum absolute atomic E-state index is 13.0. The van der Waals surface area contributed by atoms with E-state index in [1.165, 1.54) is 18.0 Å². The van der Waals surface area contributed by atoms with E-state index in [4.69, 9.17) is 32.9 Å². The molecule has 8 heteroatoms. The third-order valence-corrected chi connectivity index (χ3v) is 5.65. The fraction of sp³-hybridized carbons (Fsp3) is 0.174. The molecular formula is C23H20Cl2N4O2. The predicted octanol–water partition coefficient (Wildman–Crippen LogP) is 5.87. The van der Waals surface area contributed by atoms with E-state index in [-0.39, 0.29) is 21.9 Å². The van der Waals surface area contributed by atoms with Crippen LogP contribution < -0.4 is 10.1 Å². The van der Waals surface area contributed by atoms with Gasteiger partial charge < -0.3 is 15.0 Å². The third-order valence-electron chi connectivity index (χ3n) is 5.08. The van der Waals surface area contributed by atoms with Gasteiger partial charge in [0.2, 0.25) is 0 Å². The molecule has 2 aromatic carbocycles. The van der Waals surface area contributed by atoms with Gasteiger partial charge in [0.15, 0.2) is 0 Å². The number of amides is 1. The molecule has 0 fully saturated rings. The molecule has 0 spiro atoms. The molecule has 4 rings (SSSR count). The summed E-state index contributed by atoms with van der Waals surface area (Å²) < 4.78 is 5.46. The monoisotopic (exact) mass is 454 g/mol. The molecular weight excluding hydrogens is 435 g/mol. The average molecular weight is 455 g/mol. The number of hydrogen-bond acceptors (Lipinski definition) is 4. The van der Waals surface area contributed by atoms with Crippen molar-refractivity contribution in [2.45, 2.75) is 19.3 Å². The zero-order valence-electron chi connectivity index (χ0n) is 16.9. The summed E-state index contributed by atoms with van der Waals surface area (Å²) in [4.78, 5) is 25.0. The summed E-state index contributed by atoms with van der Waals surface area (Å²) in [7, 11) is 1.58. The van der Waals surface area contributed by atoms with Gasteiger partial charge in [-0.15, -0.1) is 0 Å². The lowest BCUT2D eigenvalue weighted by Crippen LogP contribution is -2.13. The van der Waals surface area contributed by atoms with Crippen LogP contribution in [-0.4, -0.2) is 28.0 Å². The third kappa shape index (κ3) is 4.36. The fourth-order valence-electron chi connectivity index (χ4n) is 3.47. The van der Waals surface area contributed by atoms with Crippen molar-refractivity contribution in [1.29, 1.82) is 0 Å². The first kappa shape index (κ1) is 21.2. The van der Waals surface area contributed by atoms with E-state index in [0.29, 0.717) is 34.5 Å². The maximum atomic E-state index is 13.0. The highest BCUT2D eigenvalue weighted by atomic mass is 35.5. The summed E-state index contributed by atoms with van der Waals surface area (Å²) in [5.41, 5.74) is 3.12. The van der Waals surface area contributed by atoms with Gasteiger partial charge in [0, 0.05) is 18.8 Å².